The molecule has 2 aromatic carbocycles. The van der Waals surface area contributed by atoms with E-state index in [0.29, 0.717) is 6.54 Å². The number of halogens is 2. The average Bonchev–Trinajstić information content (AvgIpc) is 2.41. The summed E-state index contributed by atoms with van der Waals surface area (Å²) in [5, 5.41) is 10.4. The van der Waals surface area contributed by atoms with E-state index in [9.17, 15) is 9.50 Å². The molecule has 2 atom stereocenters. The maximum atomic E-state index is 12.9. The monoisotopic (exact) mass is 323 g/mol. The topological polar surface area (TPSA) is 46.2 Å². The number of nitrogens with two attached hydrogens (primary N) is 1. The van der Waals surface area contributed by atoms with Crippen LogP contribution in [0.25, 0.3) is 0 Å². The summed E-state index contributed by atoms with van der Waals surface area (Å²) in [5.41, 5.74) is 7.37. The van der Waals surface area contributed by atoms with Crippen LogP contribution in [-0.2, 0) is 0 Å². The molecule has 2 aromatic rings. The molecule has 0 saturated carbocycles. The fraction of sp³-hybridized carbons (Fsp3) is 0.200. The standard InChI is InChI=1S/C15H15BrFNO/c16-12-3-1-2-11(8-12)15(19)14(9-18)10-4-6-13(17)7-5-10/h1-8,14-15,19H,9,18H2. The third kappa shape index (κ3) is 3.41. The van der Waals surface area contributed by atoms with Gasteiger partial charge in [0.15, 0.2) is 0 Å². The highest BCUT2D eigenvalue weighted by Crippen LogP contribution is 2.31. The van der Waals surface area contributed by atoms with Gasteiger partial charge in [0.1, 0.15) is 5.82 Å². The second-order valence-electron chi connectivity index (χ2n) is 4.39. The van der Waals surface area contributed by atoms with E-state index in [4.69, 9.17) is 5.73 Å². The molecule has 2 rings (SSSR count). The SMILES string of the molecule is NCC(c1ccc(F)cc1)C(O)c1cccc(Br)c1. The van der Waals surface area contributed by atoms with E-state index in [2.05, 4.69) is 15.9 Å². The van der Waals surface area contributed by atoms with Gasteiger partial charge in [0.25, 0.3) is 0 Å². The highest BCUT2D eigenvalue weighted by molar-refractivity contribution is 9.10. The number of hydrogen-bond donors (Lipinski definition) is 2. The molecule has 2 nitrogen and oxygen atoms in total. The molecule has 2 unspecified atom stereocenters. The van der Waals surface area contributed by atoms with Crippen LogP contribution >= 0.6 is 15.9 Å². The molecule has 0 saturated heterocycles. The molecule has 0 radical (unpaired) electrons. The van der Waals surface area contributed by atoms with Crippen molar-refractivity contribution < 1.29 is 9.50 Å². The Morgan fingerprint density at radius 1 is 1.11 bits per heavy atom. The van der Waals surface area contributed by atoms with E-state index < -0.39 is 6.10 Å². The molecule has 0 bridgehead atoms. The summed E-state index contributed by atoms with van der Waals surface area (Å²) in [6, 6.07) is 13.5. The molecule has 0 spiro atoms. The maximum absolute atomic E-state index is 12.9. The van der Waals surface area contributed by atoms with Gasteiger partial charge in [0.05, 0.1) is 6.10 Å². The van der Waals surface area contributed by atoms with Crippen LogP contribution in [0.3, 0.4) is 0 Å². The zero-order chi connectivity index (χ0) is 13.8. The first-order valence-corrected chi connectivity index (χ1v) is 6.80. The quantitative estimate of drug-likeness (QED) is 0.906. The van der Waals surface area contributed by atoms with Gasteiger partial charge in [0, 0.05) is 16.9 Å². The Labute approximate surface area is 120 Å². The third-order valence-electron chi connectivity index (χ3n) is 3.12. The van der Waals surface area contributed by atoms with Crippen molar-refractivity contribution >= 4 is 15.9 Å². The predicted octanol–water partition coefficient (Wildman–Crippen LogP) is 3.36. The second kappa shape index (κ2) is 6.28. The van der Waals surface area contributed by atoms with Crippen molar-refractivity contribution in [2.45, 2.75) is 12.0 Å². The number of rotatable bonds is 4. The Morgan fingerprint density at radius 3 is 2.37 bits per heavy atom. The van der Waals surface area contributed by atoms with E-state index in [0.717, 1.165) is 15.6 Å². The lowest BCUT2D eigenvalue weighted by Gasteiger charge is -2.22. The van der Waals surface area contributed by atoms with Crippen LogP contribution in [0.2, 0.25) is 0 Å². The summed E-state index contributed by atoms with van der Waals surface area (Å²) in [4.78, 5) is 0. The minimum atomic E-state index is -0.715. The second-order valence-corrected chi connectivity index (χ2v) is 5.31. The van der Waals surface area contributed by atoms with E-state index >= 15 is 0 Å². The van der Waals surface area contributed by atoms with Gasteiger partial charge in [-0.05, 0) is 35.4 Å². The van der Waals surface area contributed by atoms with Gasteiger partial charge >= 0.3 is 0 Å². The Balaban J connectivity index is 2.28. The summed E-state index contributed by atoms with van der Waals surface area (Å²) < 4.78 is 13.8. The average molecular weight is 324 g/mol. The van der Waals surface area contributed by atoms with Crippen LogP contribution in [0.4, 0.5) is 4.39 Å². The fourth-order valence-corrected chi connectivity index (χ4v) is 2.50. The van der Waals surface area contributed by atoms with Gasteiger partial charge in [-0.1, -0.05) is 40.2 Å². The number of benzene rings is 2. The Hall–Kier alpha value is -1.23. The van der Waals surface area contributed by atoms with Gasteiger partial charge in [-0.15, -0.1) is 0 Å². The van der Waals surface area contributed by atoms with Gasteiger partial charge < -0.3 is 10.8 Å². The normalized spacial score (nSPS) is 14.1. The van der Waals surface area contributed by atoms with Gasteiger partial charge in [0.2, 0.25) is 0 Å². The maximum Gasteiger partial charge on any atom is 0.123 e. The highest BCUT2D eigenvalue weighted by Gasteiger charge is 2.21. The number of aliphatic hydroxyl groups is 1. The smallest absolute Gasteiger partial charge is 0.123 e. The highest BCUT2D eigenvalue weighted by atomic mass is 79.9. The molecule has 100 valence electrons. The molecule has 4 heteroatoms. The lowest BCUT2D eigenvalue weighted by Crippen LogP contribution is -2.20. The molecule has 0 aromatic heterocycles. The van der Waals surface area contributed by atoms with Crippen LogP contribution in [0.1, 0.15) is 23.1 Å². The molecule has 0 aliphatic heterocycles. The van der Waals surface area contributed by atoms with Crippen molar-refractivity contribution in [2.75, 3.05) is 6.54 Å². The van der Waals surface area contributed by atoms with Crippen LogP contribution in [0.5, 0.6) is 0 Å². The Morgan fingerprint density at radius 2 is 1.79 bits per heavy atom. The van der Waals surface area contributed by atoms with Gasteiger partial charge in [-0.3, -0.25) is 0 Å². The summed E-state index contributed by atoms with van der Waals surface area (Å²) in [6.07, 6.45) is -0.715. The first-order chi connectivity index (χ1) is 9.11. The molecule has 0 fully saturated rings. The first-order valence-electron chi connectivity index (χ1n) is 6.01. The summed E-state index contributed by atoms with van der Waals surface area (Å²) >= 11 is 3.38. The number of hydrogen-bond acceptors (Lipinski definition) is 2. The Bertz CT molecular complexity index is 544. The summed E-state index contributed by atoms with van der Waals surface area (Å²) in [6.45, 7) is 0.291. The van der Waals surface area contributed by atoms with Crippen LogP contribution in [-0.4, -0.2) is 11.7 Å². The van der Waals surface area contributed by atoms with Crippen molar-refractivity contribution in [2.24, 2.45) is 5.73 Å². The zero-order valence-electron chi connectivity index (χ0n) is 10.3. The fourth-order valence-electron chi connectivity index (χ4n) is 2.08. The zero-order valence-corrected chi connectivity index (χ0v) is 11.8. The predicted molar refractivity (Wildman–Crippen MR) is 77.3 cm³/mol. The molecule has 0 heterocycles. The lowest BCUT2D eigenvalue weighted by molar-refractivity contribution is 0.147. The van der Waals surface area contributed by atoms with Crippen molar-refractivity contribution in [3.05, 3.63) is 69.9 Å². The van der Waals surface area contributed by atoms with Crippen molar-refractivity contribution in [3.63, 3.8) is 0 Å². The van der Waals surface area contributed by atoms with Gasteiger partial charge in [-0.2, -0.15) is 0 Å². The molecule has 19 heavy (non-hydrogen) atoms. The van der Waals surface area contributed by atoms with Crippen molar-refractivity contribution in [1.29, 1.82) is 0 Å². The lowest BCUT2D eigenvalue weighted by atomic mass is 9.89. The molecular formula is C15H15BrFNO. The first kappa shape index (κ1) is 14.2. The molecular weight excluding hydrogens is 309 g/mol. The minimum Gasteiger partial charge on any atom is -0.388 e. The third-order valence-corrected chi connectivity index (χ3v) is 3.62. The summed E-state index contributed by atoms with van der Waals surface area (Å²) in [7, 11) is 0. The number of aliphatic hydroxyl groups excluding tert-OH is 1. The molecule has 0 amide bonds. The molecule has 3 N–H and O–H groups in total. The van der Waals surface area contributed by atoms with E-state index in [1.165, 1.54) is 12.1 Å². The van der Waals surface area contributed by atoms with Crippen LogP contribution in [0.15, 0.2) is 53.0 Å². The van der Waals surface area contributed by atoms with Crippen LogP contribution in [0, 0.1) is 5.82 Å². The van der Waals surface area contributed by atoms with Crippen molar-refractivity contribution in [1.82, 2.24) is 0 Å². The largest absolute Gasteiger partial charge is 0.388 e. The van der Waals surface area contributed by atoms with Gasteiger partial charge in [-0.25, -0.2) is 4.39 Å². The van der Waals surface area contributed by atoms with Crippen molar-refractivity contribution in [3.8, 4) is 0 Å². The van der Waals surface area contributed by atoms with E-state index in [1.807, 2.05) is 24.3 Å². The van der Waals surface area contributed by atoms with E-state index in [-0.39, 0.29) is 11.7 Å². The Kier molecular flexibility index (Phi) is 4.69. The van der Waals surface area contributed by atoms with E-state index in [1.54, 1.807) is 12.1 Å². The minimum absolute atomic E-state index is 0.255. The van der Waals surface area contributed by atoms with Crippen LogP contribution < -0.4 is 5.73 Å². The molecule has 0 aliphatic rings. The molecule has 0 aliphatic carbocycles. The summed E-state index contributed by atoms with van der Waals surface area (Å²) in [5.74, 6) is -0.550.